The zero-order chi connectivity index (χ0) is 16.1. The highest BCUT2D eigenvalue weighted by molar-refractivity contribution is 7.98. The quantitative estimate of drug-likeness (QED) is 0.770. The summed E-state index contributed by atoms with van der Waals surface area (Å²) >= 11 is 1.75. The maximum Gasteiger partial charge on any atom is 0.253 e. The second-order valence-corrected chi connectivity index (χ2v) is 6.68. The molecule has 4 heteroatoms. The lowest BCUT2D eigenvalue weighted by atomic mass is 10.1. The van der Waals surface area contributed by atoms with Crippen molar-refractivity contribution >= 4 is 17.7 Å². The van der Waals surface area contributed by atoms with Crippen LogP contribution in [0.1, 0.15) is 28.8 Å². The summed E-state index contributed by atoms with van der Waals surface area (Å²) in [5.41, 5.74) is 1.82. The maximum absolute atomic E-state index is 12.6. The topological polar surface area (TPSA) is 29.5 Å². The first-order chi connectivity index (χ1) is 11.3. The van der Waals surface area contributed by atoms with E-state index in [1.165, 1.54) is 4.90 Å². The maximum atomic E-state index is 12.6. The lowest BCUT2D eigenvalue weighted by molar-refractivity contribution is 0.0792. The average Bonchev–Trinajstić information content (AvgIpc) is 3.14. The number of likely N-dealkylation sites (tertiary alicyclic amines) is 1. The molecule has 0 saturated carbocycles. The van der Waals surface area contributed by atoms with Crippen molar-refractivity contribution in [2.45, 2.75) is 23.5 Å². The van der Waals surface area contributed by atoms with Gasteiger partial charge in [-0.2, -0.15) is 0 Å². The van der Waals surface area contributed by atoms with Crippen LogP contribution >= 0.6 is 11.8 Å². The van der Waals surface area contributed by atoms with Crippen molar-refractivity contribution in [3.63, 3.8) is 0 Å². The Morgan fingerprint density at radius 3 is 2.57 bits per heavy atom. The summed E-state index contributed by atoms with van der Waals surface area (Å²) in [6.45, 7) is 1.75. The number of nitrogens with zero attached hydrogens (tertiary/aromatic N) is 1. The summed E-state index contributed by atoms with van der Waals surface area (Å²) in [7, 11) is 1.67. The molecule has 1 aliphatic heterocycles. The minimum absolute atomic E-state index is 0.135. The van der Waals surface area contributed by atoms with Gasteiger partial charge in [0, 0.05) is 34.9 Å². The Labute approximate surface area is 141 Å². The summed E-state index contributed by atoms with van der Waals surface area (Å²) < 4.78 is 5.46. The summed E-state index contributed by atoms with van der Waals surface area (Å²) in [4.78, 5) is 15.7. The molecule has 23 heavy (non-hydrogen) atoms. The molecule has 2 aromatic carbocycles. The van der Waals surface area contributed by atoms with Gasteiger partial charge in [-0.1, -0.05) is 18.2 Å². The van der Waals surface area contributed by atoms with Gasteiger partial charge in [0.1, 0.15) is 5.75 Å². The summed E-state index contributed by atoms with van der Waals surface area (Å²) in [5.74, 6) is 1.76. The van der Waals surface area contributed by atoms with E-state index in [1.54, 1.807) is 18.9 Å². The Balaban J connectivity index is 1.77. The van der Waals surface area contributed by atoms with Crippen molar-refractivity contribution in [1.82, 2.24) is 4.90 Å². The molecule has 0 atom stereocenters. The van der Waals surface area contributed by atoms with Gasteiger partial charge in [0.15, 0.2) is 0 Å². The lowest BCUT2D eigenvalue weighted by Gasteiger charge is -2.17. The molecular formula is C19H21NO2S. The average molecular weight is 327 g/mol. The largest absolute Gasteiger partial charge is 0.496 e. The van der Waals surface area contributed by atoms with Crippen molar-refractivity contribution in [1.29, 1.82) is 0 Å². The first-order valence-electron chi connectivity index (χ1n) is 7.92. The van der Waals surface area contributed by atoms with Crippen LogP contribution in [0, 0.1) is 0 Å². The number of benzene rings is 2. The molecule has 0 aliphatic carbocycles. The van der Waals surface area contributed by atoms with E-state index in [-0.39, 0.29) is 5.91 Å². The third kappa shape index (κ3) is 3.88. The highest BCUT2D eigenvalue weighted by Gasteiger charge is 2.20. The number of methoxy groups -OCH3 is 1. The van der Waals surface area contributed by atoms with Crippen molar-refractivity contribution in [2.75, 3.05) is 20.2 Å². The van der Waals surface area contributed by atoms with E-state index in [0.29, 0.717) is 0 Å². The molecule has 3 nitrogen and oxygen atoms in total. The second-order valence-electron chi connectivity index (χ2n) is 5.63. The molecule has 1 saturated heterocycles. The monoisotopic (exact) mass is 327 g/mol. The van der Waals surface area contributed by atoms with Crippen molar-refractivity contribution in [3.8, 4) is 5.75 Å². The van der Waals surface area contributed by atoms with E-state index in [9.17, 15) is 4.79 Å². The summed E-state index contributed by atoms with van der Waals surface area (Å²) in [6, 6.07) is 16.0. The predicted octanol–water partition coefficient (Wildman–Crippen LogP) is 4.22. The zero-order valence-electron chi connectivity index (χ0n) is 13.3. The van der Waals surface area contributed by atoms with E-state index in [4.69, 9.17) is 4.74 Å². The van der Waals surface area contributed by atoms with Crippen LogP contribution in [0.3, 0.4) is 0 Å². The lowest BCUT2D eigenvalue weighted by Crippen LogP contribution is -2.27. The smallest absolute Gasteiger partial charge is 0.253 e. The molecule has 1 amide bonds. The number of hydrogen-bond donors (Lipinski definition) is 0. The number of thioether (sulfide) groups is 1. The van der Waals surface area contributed by atoms with E-state index >= 15 is 0 Å². The Morgan fingerprint density at radius 2 is 1.87 bits per heavy atom. The van der Waals surface area contributed by atoms with Gasteiger partial charge in [-0.15, -0.1) is 11.8 Å². The normalized spacial score (nSPS) is 14.0. The van der Waals surface area contributed by atoms with Gasteiger partial charge in [0.25, 0.3) is 5.91 Å². The van der Waals surface area contributed by atoms with Gasteiger partial charge in [0.05, 0.1) is 7.11 Å². The molecule has 0 aromatic heterocycles. The number of hydrogen-bond acceptors (Lipinski definition) is 3. The molecule has 1 aliphatic rings. The van der Waals surface area contributed by atoms with Gasteiger partial charge in [-0.3, -0.25) is 4.79 Å². The zero-order valence-corrected chi connectivity index (χ0v) is 14.1. The molecule has 0 spiro atoms. The summed E-state index contributed by atoms with van der Waals surface area (Å²) in [6.07, 6.45) is 2.22. The van der Waals surface area contributed by atoms with Gasteiger partial charge in [0.2, 0.25) is 0 Å². The summed E-state index contributed by atoms with van der Waals surface area (Å²) in [5, 5.41) is 0. The van der Waals surface area contributed by atoms with Gasteiger partial charge >= 0.3 is 0 Å². The Kier molecular flexibility index (Phi) is 5.23. The van der Waals surface area contributed by atoms with Crippen LogP contribution in [0.5, 0.6) is 5.75 Å². The molecule has 3 rings (SSSR count). The van der Waals surface area contributed by atoms with Gasteiger partial charge < -0.3 is 9.64 Å². The molecule has 2 aromatic rings. The number of carbonyl (C=O) groups excluding carboxylic acids is 1. The standard InChI is InChI=1S/C19H21NO2S/c1-22-18-10-9-15(19(21)20-11-5-6-12-20)13-16(18)14-23-17-7-3-2-4-8-17/h2-4,7-10,13H,5-6,11-12,14H2,1H3. The number of carbonyl (C=O) groups is 1. The fourth-order valence-corrected chi connectivity index (χ4v) is 3.70. The van der Waals surface area contributed by atoms with Crippen LogP contribution in [0.2, 0.25) is 0 Å². The third-order valence-electron chi connectivity index (χ3n) is 4.06. The molecule has 0 bridgehead atoms. The minimum atomic E-state index is 0.135. The third-order valence-corrected chi connectivity index (χ3v) is 5.12. The van der Waals surface area contributed by atoms with Crippen molar-refractivity contribution in [3.05, 3.63) is 59.7 Å². The van der Waals surface area contributed by atoms with Crippen LogP contribution < -0.4 is 4.74 Å². The number of ether oxygens (including phenoxy) is 1. The molecule has 0 N–H and O–H groups in total. The molecule has 1 heterocycles. The van der Waals surface area contributed by atoms with Crippen molar-refractivity contribution < 1.29 is 9.53 Å². The first kappa shape index (κ1) is 15.9. The highest BCUT2D eigenvalue weighted by atomic mass is 32.2. The Morgan fingerprint density at radius 1 is 1.13 bits per heavy atom. The highest BCUT2D eigenvalue weighted by Crippen LogP contribution is 2.29. The van der Waals surface area contributed by atoms with E-state index in [1.807, 2.05) is 41.3 Å². The van der Waals surface area contributed by atoms with Crippen molar-refractivity contribution in [2.24, 2.45) is 0 Å². The van der Waals surface area contributed by atoms with Crippen LogP contribution in [-0.4, -0.2) is 31.0 Å². The van der Waals surface area contributed by atoms with E-state index in [2.05, 4.69) is 12.1 Å². The second kappa shape index (κ2) is 7.55. The van der Waals surface area contributed by atoms with E-state index in [0.717, 1.165) is 48.6 Å². The van der Waals surface area contributed by atoms with Crippen LogP contribution in [0.15, 0.2) is 53.4 Å². The molecule has 0 unspecified atom stereocenters. The minimum Gasteiger partial charge on any atom is -0.496 e. The van der Waals surface area contributed by atoms with Gasteiger partial charge in [-0.25, -0.2) is 0 Å². The van der Waals surface area contributed by atoms with Crippen LogP contribution in [-0.2, 0) is 5.75 Å². The SMILES string of the molecule is COc1ccc(C(=O)N2CCCC2)cc1CSc1ccccc1. The number of amides is 1. The Bertz CT molecular complexity index is 666. The van der Waals surface area contributed by atoms with Crippen LogP contribution in [0.4, 0.5) is 0 Å². The number of rotatable bonds is 5. The molecule has 1 fully saturated rings. The Hall–Kier alpha value is -1.94. The fraction of sp³-hybridized carbons (Fsp3) is 0.316. The predicted molar refractivity (Wildman–Crippen MR) is 94.1 cm³/mol. The fourth-order valence-electron chi connectivity index (χ4n) is 2.81. The van der Waals surface area contributed by atoms with Gasteiger partial charge in [-0.05, 0) is 43.2 Å². The first-order valence-corrected chi connectivity index (χ1v) is 8.90. The van der Waals surface area contributed by atoms with E-state index < -0.39 is 0 Å². The molecule has 120 valence electrons. The molecule has 0 radical (unpaired) electrons. The molecular weight excluding hydrogens is 306 g/mol. The van der Waals surface area contributed by atoms with Crippen LogP contribution in [0.25, 0.3) is 0 Å².